The first kappa shape index (κ1) is 17.0. The Labute approximate surface area is 134 Å². The van der Waals surface area contributed by atoms with Crippen LogP contribution in [-0.2, 0) is 0 Å². The summed E-state index contributed by atoms with van der Waals surface area (Å²) in [6.07, 6.45) is 9.47. The standard InChI is InChI=1S/C16H25Br2N/c1-3-4-5-6-7-8-9-10-19-16-14(17)11-13(2)12-15(16)18/h11-12,19H,3-10H2,1-2H3. The number of benzene rings is 1. The Balaban J connectivity index is 2.19. The molecule has 0 spiro atoms. The van der Waals surface area contributed by atoms with Crippen molar-refractivity contribution >= 4 is 37.5 Å². The number of nitrogens with one attached hydrogen (secondary N) is 1. The zero-order valence-electron chi connectivity index (χ0n) is 12.1. The van der Waals surface area contributed by atoms with Gasteiger partial charge >= 0.3 is 0 Å². The van der Waals surface area contributed by atoms with Crippen LogP contribution in [0.25, 0.3) is 0 Å². The van der Waals surface area contributed by atoms with Crippen molar-refractivity contribution in [3.8, 4) is 0 Å². The molecule has 0 saturated heterocycles. The average Bonchev–Trinajstić information content (AvgIpc) is 2.35. The number of halogens is 2. The molecule has 19 heavy (non-hydrogen) atoms. The average molecular weight is 391 g/mol. The van der Waals surface area contributed by atoms with Crippen molar-refractivity contribution < 1.29 is 0 Å². The van der Waals surface area contributed by atoms with Crippen molar-refractivity contribution in [1.29, 1.82) is 0 Å². The first-order chi connectivity index (χ1) is 9.15. The van der Waals surface area contributed by atoms with Gasteiger partial charge in [0.2, 0.25) is 0 Å². The third kappa shape index (κ3) is 6.80. The minimum absolute atomic E-state index is 1.05. The monoisotopic (exact) mass is 389 g/mol. The summed E-state index contributed by atoms with van der Waals surface area (Å²) in [7, 11) is 0. The van der Waals surface area contributed by atoms with Gasteiger partial charge in [0, 0.05) is 15.5 Å². The predicted octanol–water partition coefficient (Wildman–Crippen LogP) is 6.68. The fraction of sp³-hybridized carbons (Fsp3) is 0.625. The maximum atomic E-state index is 3.62. The minimum Gasteiger partial charge on any atom is -0.383 e. The molecule has 0 heterocycles. The molecule has 0 fully saturated rings. The van der Waals surface area contributed by atoms with Crippen molar-refractivity contribution in [2.24, 2.45) is 0 Å². The van der Waals surface area contributed by atoms with Crippen LogP contribution in [0, 0.1) is 6.92 Å². The molecule has 0 aliphatic heterocycles. The summed E-state index contributed by atoms with van der Waals surface area (Å²) in [6, 6.07) is 4.30. The molecule has 0 aliphatic carbocycles. The lowest BCUT2D eigenvalue weighted by atomic mass is 10.1. The van der Waals surface area contributed by atoms with Crippen LogP contribution in [0.3, 0.4) is 0 Å². The molecule has 0 saturated carbocycles. The first-order valence-electron chi connectivity index (χ1n) is 7.34. The summed E-state index contributed by atoms with van der Waals surface area (Å²) < 4.78 is 2.28. The van der Waals surface area contributed by atoms with Gasteiger partial charge in [-0.1, -0.05) is 45.4 Å². The van der Waals surface area contributed by atoms with Gasteiger partial charge in [-0.25, -0.2) is 0 Å². The van der Waals surface area contributed by atoms with E-state index in [1.807, 2.05) is 0 Å². The Morgan fingerprint density at radius 3 is 2.00 bits per heavy atom. The van der Waals surface area contributed by atoms with Crippen LogP contribution in [0.4, 0.5) is 5.69 Å². The lowest BCUT2D eigenvalue weighted by molar-refractivity contribution is 0.596. The van der Waals surface area contributed by atoms with E-state index < -0.39 is 0 Å². The Morgan fingerprint density at radius 1 is 0.895 bits per heavy atom. The van der Waals surface area contributed by atoms with Crippen LogP contribution in [0.2, 0.25) is 0 Å². The SMILES string of the molecule is CCCCCCCCCNc1c(Br)cc(C)cc1Br. The predicted molar refractivity (Wildman–Crippen MR) is 93.1 cm³/mol. The Morgan fingerprint density at radius 2 is 1.42 bits per heavy atom. The van der Waals surface area contributed by atoms with Crippen molar-refractivity contribution in [2.75, 3.05) is 11.9 Å². The minimum atomic E-state index is 1.05. The van der Waals surface area contributed by atoms with Crippen LogP contribution in [0.15, 0.2) is 21.1 Å². The summed E-state index contributed by atoms with van der Waals surface area (Å²) in [6.45, 7) is 5.42. The number of anilines is 1. The zero-order chi connectivity index (χ0) is 14.1. The molecule has 1 nitrogen and oxygen atoms in total. The fourth-order valence-electron chi connectivity index (χ4n) is 2.16. The van der Waals surface area contributed by atoms with Crippen molar-refractivity contribution in [3.05, 3.63) is 26.6 Å². The van der Waals surface area contributed by atoms with Gasteiger partial charge < -0.3 is 5.32 Å². The van der Waals surface area contributed by atoms with Gasteiger partial charge in [0.1, 0.15) is 0 Å². The largest absolute Gasteiger partial charge is 0.383 e. The van der Waals surface area contributed by atoms with E-state index in [1.54, 1.807) is 0 Å². The summed E-state index contributed by atoms with van der Waals surface area (Å²) >= 11 is 7.23. The molecule has 0 radical (unpaired) electrons. The smallest absolute Gasteiger partial charge is 0.0629 e. The molecule has 0 unspecified atom stereocenters. The lowest BCUT2D eigenvalue weighted by Gasteiger charge is -2.11. The normalized spacial score (nSPS) is 10.7. The second kappa shape index (κ2) is 9.82. The molecule has 0 amide bonds. The van der Waals surface area contributed by atoms with Gasteiger partial charge in [-0.15, -0.1) is 0 Å². The molecule has 1 rings (SSSR count). The van der Waals surface area contributed by atoms with Gasteiger partial charge in [0.25, 0.3) is 0 Å². The van der Waals surface area contributed by atoms with Gasteiger partial charge in [-0.2, -0.15) is 0 Å². The number of aryl methyl sites for hydroxylation is 1. The van der Waals surface area contributed by atoms with E-state index in [4.69, 9.17) is 0 Å². The van der Waals surface area contributed by atoms with Crippen LogP contribution in [0.1, 0.15) is 57.4 Å². The van der Waals surface area contributed by atoms with E-state index in [-0.39, 0.29) is 0 Å². The highest BCUT2D eigenvalue weighted by Gasteiger charge is 2.05. The van der Waals surface area contributed by atoms with Gasteiger partial charge in [-0.3, -0.25) is 0 Å². The van der Waals surface area contributed by atoms with Crippen LogP contribution in [0.5, 0.6) is 0 Å². The van der Waals surface area contributed by atoms with Gasteiger partial charge in [0.05, 0.1) is 5.69 Å². The van der Waals surface area contributed by atoms with Crippen molar-refractivity contribution in [3.63, 3.8) is 0 Å². The quantitative estimate of drug-likeness (QED) is 0.463. The van der Waals surface area contributed by atoms with E-state index in [0.29, 0.717) is 0 Å². The Bertz CT molecular complexity index is 354. The molecule has 1 aromatic carbocycles. The van der Waals surface area contributed by atoms with Crippen LogP contribution in [-0.4, -0.2) is 6.54 Å². The molecular formula is C16H25Br2N. The van der Waals surface area contributed by atoms with E-state index in [1.165, 1.54) is 56.2 Å². The van der Waals surface area contributed by atoms with Gasteiger partial charge in [-0.05, 0) is 62.9 Å². The van der Waals surface area contributed by atoms with Crippen LogP contribution < -0.4 is 5.32 Å². The third-order valence-electron chi connectivity index (χ3n) is 3.27. The second-order valence-electron chi connectivity index (χ2n) is 5.15. The maximum Gasteiger partial charge on any atom is 0.0629 e. The topological polar surface area (TPSA) is 12.0 Å². The number of hydrogen-bond acceptors (Lipinski definition) is 1. The third-order valence-corrected chi connectivity index (χ3v) is 4.52. The van der Waals surface area contributed by atoms with Crippen LogP contribution >= 0.6 is 31.9 Å². The van der Waals surface area contributed by atoms with E-state index in [0.717, 1.165) is 15.5 Å². The fourth-order valence-corrected chi connectivity index (χ4v) is 3.86. The molecule has 1 N–H and O–H groups in total. The van der Waals surface area contributed by atoms with E-state index in [2.05, 4.69) is 63.2 Å². The van der Waals surface area contributed by atoms with Crippen molar-refractivity contribution in [2.45, 2.75) is 58.8 Å². The van der Waals surface area contributed by atoms with E-state index >= 15 is 0 Å². The molecule has 1 aromatic rings. The van der Waals surface area contributed by atoms with E-state index in [9.17, 15) is 0 Å². The zero-order valence-corrected chi connectivity index (χ0v) is 15.2. The number of hydrogen-bond donors (Lipinski definition) is 1. The first-order valence-corrected chi connectivity index (χ1v) is 8.93. The Kier molecular flexibility index (Phi) is 8.80. The highest BCUT2D eigenvalue weighted by atomic mass is 79.9. The summed E-state index contributed by atoms with van der Waals surface area (Å²) in [5, 5.41) is 3.52. The lowest BCUT2D eigenvalue weighted by Crippen LogP contribution is -2.03. The molecule has 0 aromatic heterocycles. The molecule has 108 valence electrons. The second-order valence-corrected chi connectivity index (χ2v) is 6.86. The maximum absolute atomic E-state index is 3.62. The van der Waals surface area contributed by atoms with Gasteiger partial charge in [0.15, 0.2) is 0 Å². The molecule has 0 bridgehead atoms. The Hall–Kier alpha value is -0.0200. The van der Waals surface area contributed by atoms with Crippen molar-refractivity contribution in [1.82, 2.24) is 0 Å². The molecular weight excluding hydrogens is 366 g/mol. The number of rotatable bonds is 9. The molecule has 0 atom stereocenters. The summed E-state index contributed by atoms with van der Waals surface area (Å²) in [5.74, 6) is 0. The number of unbranched alkanes of at least 4 members (excludes halogenated alkanes) is 6. The highest BCUT2D eigenvalue weighted by molar-refractivity contribution is 9.11. The summed E-state index contributed by atoms with van der Waals surface area (Å²) in [4.78, 5) is 0. The molecule has 0 aliphatic rings. The highest BCUT2D eigenvalue weighted by Crippen LogP contribution is 2.32. The summed E-state index contributed by atoms with van der Waals surface area (Å²) in [5.41, 5.74) is 2.44. The molecule has 3 heteroatoms.